The highest BCUT2D eigenvalue weighted by Gasteiger charge is 2.16. The van der Waals surface area contributed by atoms with Crippen molar-refractivity contribution >= 4 is 17.3 Å². The van der Waals surface area contributed by atoms with Crippen LogP contribution in [0.5, 0.6) is 0 Å². The molecular formula is C16H18N2O. The molecule has 0 heterocycles. The van der Waals surface area contributed by atoms with Gasteiger partial charge >= 0.3 is 0 Å². The average Bonchev–Trinajstić information content (AvgIpc) is 2.44. The fourth-order valence-corrected chi connectivity index (χ4v) is 2.02. The molecule has 1 amide bonds. The van der Waals surface area contributed by atoms with Crippen molar-refractivity contribution < 1.29 is 4.79 Å². The molecule has 3 heteroatoms. The Morgan fingerprint density at radius 1 is 1.16 bits per heavy atom. The van der Waals surface area contributed by atoms with E-state index in [1.54, 1.807) is 17.0 Å². The SMILES string of the molecule is CCN(C(=O)c1ccc(N)c(C)c1)c1ccccc1. The third-order valence-electron chi connectivity index (χ3n) is 3.15. The highest BCUT2D eigenvalue weighted by Crippen LogP contribution is 2.19. The zero-order chi connectivity index (χ0) is 13.8. The van der Waals surface area contributed by atoms with Gasteiger partial charge in [-0.3, -0.25) is 4.79 Å². The van der Waals surface area contributed by atoms with Crippen molar-refractivity contribution in [1.29, 1.82) is 0 Å². The molecule has 0 spiro atoms. The number of hydrogen-bond donors (Lipinski definition) is 1. The maximum atomic E-state index is 12.5. The van der Waals surface area contributed by atoms with E-state index in [0.29, 0.717) is 17.8 Å². The molecule has 0 saturated heterocycles. The molecule has 0 aliphatic rings. The lowest BCUT2D eigenvalue weighted by atomic mass is 10.1. The van der Waals surface area contributed by atoms with E-state index in [1.165, 1.54) is 0 Å². The number of carbonyl (C=O) groups is 1. The predicted octanol–water partition coefficient (Wildman–Crippen LogP) is 3.24. The van der Waals surface area contributed by atoms with Gasteiger partial charge in [0.1, 0.15) is 0 Å². The quantitative estimate of drug-likeness (QED) is 0.855. The molecule has 0 aliphatic carbocycles. The average molecular weight is 254 g/mol. The summed E-state index contributed by atoms with van der Waals surface area (Å²) in [5.74, 6) is -0.00296. The number of nitrogens with zero attached hydrogens (tertiary/aromatic N) is 1. The summed E-state index contributed by atoms with van der Waals surface area (Å²) < 4.78 is 0. The molecule has 2 rings (SSSR count). The van der Waals surface area contributed by atoms with Crippen molar-refractivity contribution in [3.63, 3.8) is 0 Å². The van der Waals surface area contributed by atoms with Crippen LogP contribution in [0.4, 0.5) is 11.4 Å². The van der Waals surface area contributed by atoms with Gasteiger partial charge in [-0.05, 0) is 49.7 Å². The third kappa shape index (κ3) is 2.76. The summed E-state index contributed by atoms with van der Waals surface area (Å²) >= 11 is 0. The van der Waals surface area contributed by atoms with Gasteiger partial charge in [0.15, 0.2) is 0 Å². The lowest BCUT2D eigenvalue weighted by Gasteiger charge is -2.21. The van der Waals surface area contributed by atoms with Gasteiger partial charge in [-0.2, -0.15) is 0 Å². The molecule has 3 nitrogen and oxygen atoms in total. The Labute approximate surface area is 113 Å². The molecule has 0 atom stereocenters. The Hall–Kier alpha value is -2.29. The first-order valence-electron chi connectivity index (χ1n) is 6.36. The number of hydrogen-bond acceptors (Lipinski definition) is 2. The maximum absolute atomic E-state index is 12.5. The van der Waals surface area contributed by atoms with E-state index < -0.39 is 0 Å². The number of anilines is 2. The van der Waals surface area contributed by atoms with Crippen molar-refractivity contribution in [3.05, 3.63) is 59.7 Å². The number of carbonyl (C=O) groups excluding carboxylic acids is 1. The van der Waals surface area contributed by atoms with Crippen LogP contribution in [0.1, 0.15) is 22.8 Å². The Morgan fingerprint density at radius 2 is 1.84 bits per heavy atom. The fourth-order valence-electron chi connectivity index (χ4n) is 2.02. The number of nitrogen functional groups attached to an aromatic ring is 1. The van der Waals surface area contributed by atoms with Gasteiger partial charge in [0, 0.05) is 23.5 Å². The van der Waals surface area contributed by atoms with E-state index in [9.17, 15) is 4.79 Å². The summed E-state index contributed by atoms with van der Waals surface area (Å²) in [5.41, 5.74) is 8.99. The number of nitrogens with two attached hydrogens (primary N) is 1. The van der Waals surface area contributed by atoms with Gasteiger partial charge in [-0.1, -0.05) is 18.2 Å². The molecule has 0 aliphatic heterocycles. The van der Waals surface area contributed by atoms with Gasteiger partial charge in [0.05, 0.1) is 0 Å². The zero-order valence-electron chi connectivity index (χ0n) is 11.3. The van der Waals surface area contributed by atoms with E-state index in [1.807, 2.05) is 50.2 Å². The molecule has 2 aromatic rings. The number of rotatable bonds is 3. The topological polar surface area (TPSA) is 46.3 Å². The molecule has 0 aromatic heterocycles. The van der Waals surface area contributed by atoms with Crippen molar-refractivity contribution in [2.24, 2.45) is 0 Å². The second-order valence-corrected chi connectivity index (χ2v) is 4.46. The molecule has 2 N–H and O–H groups in total. The van der Waals surface area contributed by atoms with E-state index >= 15 is 0 Å². The molecule has 0 unspecified atom stereocenters. The first-order chi connectivity index (χ1) is 9.13. The summed E-state index contributed by atoms with van der Waals surface area (Å²) in [5, 5.41) is 0. The minimum absolute atomic E-state index is 0.00296. The minimum Gasteiger partial charge on any atom is -0.399 e. The van der Waals surface area contributed by atoms with Crippen molar-refractivity contribution in [2.45, 2.75) is 13.8 Å². The second-order valence-electron chi connectivity index (χ2n) is 4.46. The van der Waals surface area contributed by atoms with Gasteiger partial charge in [0.25, 0.3) is 5.91 Å². The predicted molar refractivity (Wildman–Crippen MR) is 79.4 cm³/mol. The lowest BCUT2D eigenvalue weighted by Crippen LogP contribution is -2.30. The summed E-state index contributed by atoms with van der Waals surface area (Å²) in [6.07, 6.45) is 0. The zero-order valence-corrected chi connectivity index (χ0v) is 11.3. The largest absolute Gasteiger partial charge is 0.399 e. The van der Waals surface area contributed by atoms with Crippen LogP contribution in [-0.4, -0.2) is 12.5 Å². The smallest absolute Gasteiger partial charge is 0.258 e. The van der Waals surface area contributed by atoms with Crippen LogP contribution >= 0.6 is 0 Å². The van der Waals surface area contributed by atoms with E-state index in [0.717, 1.165) is 11.3 Å². The van der Waals surface area contributed by atoms with Crippen molar-refractivity contribution in [3.8, 4) is 0 Å². The normalized spacial score (nSPS) is 10.2. The highest BCUT2D eigenvalue weighted by molar-refractivity contribution is 6.06. The molecule has 2 aromatic carbocycles. The first kappa shape index (κ1) is 13.1. The van der Waals surface area contributed by atoms with Crippen LogP contribution < -0.4 is 10.6 Å². The third-order valence-corrected chi connectivity index (χ3v) is 3.15. The van der Waals surface area contributed by atoms with Gasteiger partial charge in [-0.15, -0.1) is 0 Å². The first-order valence-corrected chi connectivity index (χ1v) is 6.36. The molecule has 0 bridgehead atoms. The number of para-hydroxylation sites is 1. The maximum Gasteiger partial charge on any atom is 0.258 e. The van der Waals surface area contributed by atoms with Crippen molar-refractivity contribution in [2.75, 3.05) is 17.2 Å². The standard InChI is InChI=1S/C16H18N2O/c1-3-18(14-7-5-4-6-8-14)16(19)13-9-10-15(17)12(2)11-13/h4-11H,3,17H2,1-2H3. The molecule has 98 valence electrons. The van der Waals surface area contributed by atoms with Gasteiger partial charge < -0.3 is 10.6 Å². The Morgan fingerprint density at radius 3 is 2.42 bits per heavy atom. The number of aryl methyl sites for hydroxylation is 1. The summed E-state index contributed by atoms with van der Waals surface area (Å²) in [4.78, 5) is 14.3. The molecule has 0 radical (unpaired) electrons. The van der Waals surface area contributed by atoms with Gasteiger partial charge in [0.2, 0.25) is 0 Å². The molecule has 0 fully saturated rings. The Bertz CT molecular complexity index is 579. The van der Waals surface area contributed by atoms with Crippen LogP contribution in [0.15, 0.2) is 48.5 Å². The van der Waals surface area contributed by atoms with E-state index in [2.05, 4.69) is 0 Å². The fraction of sp³-hybridized carbons (Fsp3) is 0.188. The number of amides is 1. The van der Waals surface area contributed by atoms with Crippen LogP contribution in [0, 0.1) is 6.92 Å². The lowest BCUT2D eigenvalue weighted by molar-refractivity contribution is 0.0988. The minimum atomic E-state index is -0.00296. The summed E-state index contributed by atoms with van der Waals surface area (Å²) in [6, 6.07) is 15.1. The van der Waals surface area contributed by atoms with Crippen LogP contribution in [0.3, 0.4) is 0 Å². The summed E-state index contributed by atoms with van der Waals surface area (Å²) in [6.45, 7) is 4.51. The number of benzene rings is 2. The molecule has 19 heavy (non-hydrogen) atoms. The van der Waals surface area contributed by atoms with Crippen LogP contribution in [0.25, 0.3) is 0 Å². The van der Waals surface area contributed by atoms with Gasteiger partial charge in [-0.25, -0.2) is 0 Å². The molecule has 0 saturated carbocycles. The van der Waals surface area contributed by atoms with Crippen LogP contribution in [-0.2, 0) is 0 Å². The summed E-state index contributed by atoms with van der Waals surface area (Å²) in [7, 11) is 0. The second kappa shape index (κ2) is 5.57. The Kier molecular flexibility index (Phi) is 3.85. The highest BCUT2D eigenvalue weighted by atomic mass is 16.2. The van der Waals surface area contributed by atoms with Crippen LogP contribution in [0.2, 0.25) is 0 Å². The molecular weight excluding hydrogens is 236 g/mol. The Balaban J connectivity index is 2.33. The van der Waals surface area contributed by atoms with E-state index in [-0.39, 0.29) is 5.91 Å². The van der Waals surface area contributed by atoms with Crippen molar-refractivity contribution in [1.82, 2.24) is 0 Å². The van der Waals surface area contributed by atoms with E-state index in [4.69, 9.17) is 5.73 Å². The monoisotopic (exact) mass is 254 g/mol.